The molecule has 1 N–H and O–H groups in total. The number of H-pyrrole nitrogens is 1. The highest BCUT2D eigenvalue weighted by atomic mass is 35.5. The van der Waals surface area contributed by atoms with Crippen molar-refractivity contribution in [2.45, 2.75) is 13.3 Å². The average molecular weight is 350 g/mol. The molecule has 2 aromatic carbocycles. The number of hydrogen-bond acceptors (Lipinski definition) is 2. The van der Waals surface area contributed by atoms with E-state index in [1.807, 2.05) is 61.5 Å². The van der Waals surface area contributed by atoms with Crippen LogP contribution in [-0.4, -0.2) is 14.6 Å². The third kappa shape index (κ3) is 2.85. The first-order chi connectivity index (χ1) is 12.1. The Bertz CT molecular complexity index is 1100. The van der Waals surface area contributed by atoms with Gasteiger partial charge < -0.3 is 4.98 Å². The van der Waals surface area contributed by atoms with Crippen LogP contribution in [0.4, 0.5) is 0 Å². The van der Waals surface area contributed by atoms with Crippen LogP contribution >= 0.6 is 11.6 Å². The van der Waals surface area contributed by atoms with Crippen molar-refractivity contribution in [3.8, 4) is 11.1 Å². The standard InChI is InChI=1S/C20H16ClN3O/c1-13-17(11-14-5-3-2-4-6-14)20(25)24-19(23-13)18(12-22-24)15-7-9-16(21)10-8-15/h2-10,12,23H,11H2,1H3. The van der Waals surface area contributed by atoms with Gasteiger partial charge in [0.25, 0.3) is 5.56 Å². The summed E-state index contributed by atoms with van der Waals surface area (Å²) in [5.41, 5.74) is 5.13. The van der Waals surface area contributed by atoms with Crippen molar-refractivity contribution < 1.29 is 0 Å². The first-order valence-corrected chi connectivity index (χ1v) is 8.40. The van der Waals surface area contributed by atoms with Crippen molar-refractivity contribution in [3.05, 3.63) is 93.0 Å². The van der Waals surface area contributed by atoms with Crippen molar-refractivity contribution in [3.63, 3.8) is 0 Å². The molecule has 0 fully saturated rings. The van der Waals surface area contributed by atoms with E-state index < -0.39 is 0 Å². The summed E-state index contributed by atoms with van der Waals surface area (Å²) in [5, 5.41) is 4.98. The quantitative estimate of drug-likeness (QED) is 0.601. The molecule has 0 atom stereocenters. The zero-order chi connectivity index (χ0) is 17.4. The first kappa shape index (κ1) is 15.7. The lowest BCUT2D eigenvalue weighted by atomic mass is 10.0. The van der Waals surface area contributed by atoms with E-state index >= 15 is 0 Å². The topological polar surface area (TPSA) is 50.2 Å². The fourth-order valence-electron chi connectivity index (χ4n) is 3.01. The molecule has 4 rings (SSSR count). The van der Waals surface area contributed by atoms with Crippen LogP contribution in [0.25, 0.3) is 16.8 Å². The van der Waals surface area contributed by atoms with Gasteiger partial charge in [0.1, 0.15) is 5.65 Å². The fourth-order valence-corrected chi connectivity index (χ4v) is 3.14. The lowest BCUT2D eigenvalue weighted by Crippen LogP contribution is -2.22. The van der Waals surface area contributed by atoms with Gasteiger partial charge in [0, 0.05) is 28.3 Å². The highest BCUT2D eigenvalue weighted by Crippen LogP contribution is 2.24. The Labute approximate surface area is 149 Å². The number of nitrogens with one attached hydrogen (secondary N) is 1. The maximum Gasteiger partial charge on any atom is 0.278 e. The van der Waals surface area contributed by atoms with Crippen LogP contribution in [0.2, 0.25) is 5.02 Å². The Morgan fingerprint density at radius 2 is 1.80 bits per heavy atom. The summed E-state index contributed by atoms with van der Waals surface area (Å²) in [7, 11) is 0. The molecule has 0 saturated heterocycles. The number of fused-ring (bicyclic) bond motifs is 1. The average Bonchev–Trinajstić information content (AvgIpc) is 3.04. The highest BCUT2D eigenvalue weighted by molar-refractivity contribution is 6.30. The summed E-state index contributed by atoms with van der Waals surface area (Å²) in [5.74, 6) is 0. The number of aromatic nitrogens is 3. The van der Waals surface area contributed by atoms with Crippen LogP contribution < -0.4 is 5.56 Å². The Hall–Kier alpha value is -2.85. The van der Waals surface area contributed by atoms with Gasteiger partial charge in [-0.25, -0.2) is 0 Å². The van der Waals surface area contributed by atoms with Gasteiger partial charge in [-0.3, -0.25) is 4.79 Å². The van der Waals surface area contributed by atoms with E-state index in [1.54, 1.807) is 6.20 Å². The van der Waals surface area contributed by atoms with Gasteiger partial charge in [0.2, 0.25) is 0 Å². The normalized spacial score (nSPS) is 11.1. The second kappa shape index (κ2) is 6.22. The molecule has 0 bridgehead atoms. The molecule has 0 spiro atoms. The van der Waals surface area contributed by atoms with Gasteiger partial charge in [0.05, 0.1) is 6.20 Å². The third-order valence-electron chi connectivity index (χ3n) is 4.36. The van der Waals surface area contributed by atoms with Crippen molar-refractivity contribution in [1.82, 2.24) is 14.6 Å². The zero-order valence-electron chi connectivity index (χ0n) is 13.7. The summed E-state index contributed by atoms with van der Waals surface area (Å²) in [6.07, 6.45) is 2.29. The largest absolute Gasteiger partial charge is 0.343 e. The minimum atomic E-state index is -0.0877. The summed E-state index contributed by atoms with van der Waals surface area (Å²) >= 11 is 5.96. The predicted octanol–water partition coefficient (Wildman–Crippen LogP) is 4.24. The van der Waals surface area contributed by atoms with Crippen molar-refractivity contribution in [2.24, 2.45) is 0 Å². The Kier molecular flexibility index (Phi) is 3.90. The van der Waals surface area contributed by atoms with E-state index in [1.165, 1.54) is 4.52 Å². The van der Waals surface area contributed by atoms with E-state index in [0.29, 0.717) is 17.1 Å². The summed E-state index contributed by atoms with van der Waals surface area (Å²) in [6.45, 7) is 1.93. The molecule has 0 aliphatic rings. The molecule has 0 radical (unpaired) electrons. The Balaban J connectivity index is 1.84. The van der Waals surface area contributed by atoms with Gasteiger partial charge >= 0.3 is 0 Å². The van der Waals surface area contributed by atoms with Gasteiger partial charge in [-0.2, -0.15) is 9.61 Å². The summed E-state index contributed by atoms with van der Waals surface area (Å²) in [6, 6.07) is 17.5. The van der Waals surface area contributed by atoms with Gasteiger partial charge in [-0.1, -0.05) is 54.1 Å². The number of aromatic amines is 1. The van der Waals surface area contributed by atoms with Gasteiger partial charge in [0.15, 0.2) is 0 Å². The molecule has 4 nitrogen and oxygen atoms in total. The number of halogens is 1. The molecule has 5 heteroatoms. The second-order valence-corrected chi connectivity index (χ2v) is 6.46. The first-order valence-electron chi connectivity index (χ1n) is 8.03. The maximum atomic E-state index is 12.9. The predicted molar refractivity (Wildman–Crippen MR) is 100 cm³/mol. The molecule has 0 aliphatic carbocycles. The number of nitrogens with zero attached hydrogens (tertiary/aromatic N) is 2. The van der Waals surface area contributed by atoms with Gasteiger partial charge in [-0.05, 0) is 30.2 Å². The van der Waals surface area contributed by atoms with E-state index in [0.717, 1.165) is 27.9 Å². The molecule has 4 aromatic rings. The smallest absolute Gasteiger partial charge is 0.278 e. The molecular weight excluding hydrogens is 334 g/mol. The Morgan fingerprint density at radius 3 is 2.52 bits per heavy atom. The maximum absolute atomic E-state index is 12.9. The monoisotopic (exact) mass is 349 g/mol. The Morgan fingerprint density at radius 1 is 1.08 bits per heavy atom. The van der Waals surface area contributed by atoms with Crippen LogP contribution in [0.5, 0.6) is 0 Å². The second-order valence-electron chi connectivity index (χ2n) is 6.02. The fraction of sp³-hybridized carbons (Fsp3) is 0.100. The minimum Gasteiger partial charge on any atom is -0.343 e. The molecule has 0 aliphatic heterocycles. The lowest BCUT2D eigenvalue weighted by Gasteiger charge is -2.08. The van der Waals surface area contributed by atoms with Crippen LogP contribution in [-0.2, 0) is 6.42 Å². The number of rotatable bonds is 3. The van der Waals surface area contributed by atoms with Crippen molar-refractivity contribution in [2.75, 3.05) is 0 Å². The molecule has 0 amide bonds. The van der Waals surface area contributed by atoms with Crippen LogP contribution in [0.3, 0.4) is 0 Å². The van der Waals surface area contributed by atoms with E-state index in [4.69, 9.17) is 11.6 Å². The molecule has 25 heavy (non-hydrogen) atoms. The number of benzene rings is 2. The van der Waals surface area contributed by atoms with Gasteiger partial charge in [-0.15, -0.1) is 0 Å². The van der Waals surface area contributed by atoms with E-state index in [9.17, 15) is 4.79 Å². The molecule has 124 valence electrons. The molecule has 0 unspecified atom stereocenters. The summed E-state index contributed by atoms with van der Waals surface area (Å²) in [4.78, 5) is 16.3. The van der Waals surface area contributed by atoms with E-state index in [2.05, 4.69) is 10.1 Å². The van der Waals surface area contributed by atoms with Crippen LogP contribution in [0.15, 0.2) is 65.6 Å². The third-order valence-corrected chi connectivity index (χ3v) is 4.61. The molecular formula is C20H16ClN3O. The minimum absolute atomic E-state index is 0.0877. The highest BCUT2D eigenvalue weighted by Gasteiger charge is 2.14. The molecule has 2 heterocycles. The van der Waals surface area contributed by atoms with Crippen LogP contribution in [0.1, 0.15) is 16.8 Å². The van der Waals surface area contributed by atoms with E-state index in [-0.39, 0.29) is 5.56 Å². The van der Waals surface area contributed by atoms with Crippen molar-refractivity contribution in [1.29, 1.82) is 0 Å². The van der Waals surface area contributed by atoms with Crippen LogP contribution in [0, 0.1) is 6.92 Å². The number of aryl methyl sites for hydroxylation is 1. The SMILES string of the molecule is Cc1[nH]c2c(-c3ccc(Cl)cc3)cnn2c(=O)c1Cc1ccccc1. The number of hydrogen-bond donors (Lipinski definition) is 1. The molecule has 0 saturated carbocycles. The van der Waals surface area contributed by atoms with Crippen molar-refractivity contribution >= 4 is 17.2 Å². The summed E-state index contributed by atoms with van der Waals surface area (Å²) < 4.78 is 1.44. The lowest BCUT2D eigenvalue weighted by molar-refractivity contribution is 0.860. The molecule has 2 aromatic heterocycles. The zero-order valence-corrected chi connectivity index (χ0v) is 14.4.